The van der Waals surface area contributed by atoms with Crippen LogP contribution < -0.4 is 21.7 Å². The monoisotopic (exact) mass is 545 g/mol. The second-order valence-electron chi connectivity index (χ2n) is 9.19. The molecule has 0 aliphatic heterocycles. The van der Waals surface area contributed by atoms with Crippen molar-refractivity contribution in [1.29, 1.82) is 5.41 Å². The Labute approximate surface area is 233 Å². The highest BCUT2D eigenvalue weighted by Gasteiger charge is 2.18. The van der Waals surface area contributed by atoms with Gasteiger partial charge in [-0.1, -0.05) is 84.9 Å². The molecule has 10 heteroatoms. The van der Waals surface area contributed by atoms with Gasteiger partial charge >= 0.3 is 12.2 Å². The summed E-state index contributed by atoms with van der Waals surface area (Å²) in [7, 11) is 0. The largest absolute Gasteiger partial charge is 0.445 e. The average molecular weight is 546 g/mol. The highest BCUT2D eigenvalue weighted by atomic mass is 16.6. The summed E-state index contributed by atoms with van der Waals surface area (Å²) in [6.07, 6.45) is -0.767. The number of rotatable bonds is 13. The third kappa shape index (κ3) is 10.6. The number of carbonyl (C=O) groups is 3. The highest BCUT2D eigenvalue weighted by Crippen LogP contribution is 2.08. The van der Waals surface area contributed by atoms with Crippen molar-refractivity contribution in [2.45, 2.75) is 45.1 Å². The molecule has 6 N–H and O–H groups in total. The highest BCUT2D eigenvalue weighted by molar-refractivity contribution is 6.04. The number of hydrogen-bond donors (Lipinski definition) is 5. The Hall–Kier alpha value is -4.70. The Morgan fingerprint density at radius 3 is 2.12 bits per heavy atom. The molecule has 3 aromatic carbocycles. The maximum atomic E-state index is 12.6. The van der Waals surface area contributed by atoms with Crippen molar-refractivity contribution < 1.29 is 23.9 Å². The number of benzene rings is 3. The number of alkyl carbamates (subject to hydrolysis) is 1. The molecule has 0 heterocycles. The molecule has 3 amide bonds. The first kappa shape index (κ1) is 29.9. The predicted molar refractivity (Wildman–Crippen MR) is 152 cm³/mol. The normalized spacial score (nSPS) is 12.0. The lowest BCUT2D eigenvalue weighted by molar-refractivity contribution is -0.123. The molecule has 0 aliphatic rings. The molecule has 2 unspecified atom stereocenters. The van der Waals surface area contributed by atoms with E-state index in [1.807, 2.05) is 60.7 Å². The number of amidine groups is 1. The Morgan fingerprint density at radius 2 is 1.50 bits per heavy atom. The van der Waals surface area contributed by atoms with Crippen LogP contribution in [0.25, 0.3) is 0 Å². The van der Waals surface area contributed by atoms with Gasteiger partial charge in [-0.2, -0.15) is 0 Å². The van der Waals surface area contributed by atoms with Crippen LogP contribution in [0.4, 0.5) is 9.59 Å². The van der Waals surface area contributed by atoms with E-state index in [2.05, 4.69) is 16.0 Å². The molecule has 0 fully saturated rings. The van der Waals surface area contributed by atoms with Gasteiger partial charge in [-0.05, 0) is 36.5 Å². The smallest absolute Gasteiger partial charge is 0.413 e. The number of amides is 3. The first-order valence-corrected chi connectivity index (χ1v) is 13.0. The zero-order valence-corrected chi connectivity index (χ0v) is 22.4. The molecule has 0 saturated heterocycles. The van der Waals surface area contributed by atoms with Gasteiger partial charge in [0.15, 0.2) is 0 Å². The summed E-state index contributed by atoms with van der Waals surface area (Å²) in [5.41, 5.74) is 8.51. The van der Waals surface area contributed by atoms with Crippen molar-refractivity contribution in [3.05, 3.63) is 107 Å². The molecule has 10 nitrogen and oxygen atoms in total. The second kappa shape index (κ2) is 15.6. The number of nitrogens with two attached hydrogens (primary N) is 1. The zero-order valence-electron chi connectivity index (χ0n) is 22.4. The van der Waals surface area contributed by atoms with Crippen molar-refractivity contribution in [2.24, 2.45) is 5.73 Å². The molecule has 210 valence electrons. The van der Waals surface area contributed by atoms with E-state index in [1.165, 1.54) is 0 Å². The SMILES string of the molecule is CC(NCC(CCc1ccccc1)OC(N)=O)C(=O)NCc1ccc(C(=N)NC(=O)OCc2ccccc2)cc1. The maximum Gasteiger partial charge on any atom is 0.413 e. The van der Waals surface area contributed by atoms with Crippen LogP contribution in [0.3, 0.4) is 0 Å². The number of primary amides is 1. The lowest BCUT2D eigenvalue weighted by Crippen LogP contribution is -2.45. The fourth-order valence-electron chi connectivity index (χ4n) is 3.81. The van der Waals surface area contributed by atoms with Crippen LogP contribution in [-0.2, 0) is 33.8 Å². The fraction of sp³-hybridized carbons (Fsp3) is 0.267. The van der Waals surface area contributed by atoms with Gasteiger partial charge in [0.25, 0.3) is 0 Å². The minimum atomic E-state index is -0.854. The van der Waals surface area contributed by atoms with Crippen molar-refractivity contribution in [1.82, 2.24) is 16.0 Å². The van der Waals surface area contributed by atoms with Gasteiger partial charge in [0, 0.05) is 18.7 Å². The van der Waals surface area contributed by atoms with Crippen LogP contribution in [0.2, 0.25) is 0 Å². The first-order valence-electron chi connectivity index (χ1n) is 13.0. The molecular weight excluding hydrogens is 510 g/mol. The lowest BCUT2D eigenvalue weighted by Gasteiger charge is -2.20. The Morgan fingerprint density at radius 1 is 0.875 bits per heavy atom. The van der Waals surface area contributed by atoms with Crippen molar-refractivity contribution in [3.8, 4) is 0 Å². The average Bonchev–Trinajstić information content (AvgIpc) is 2.97. The second-order valence-corrected chi connectivity index (χ2v) is 9.19. The van der Waals surface area contributed by atoms with Crippen LogP contribution in [-0.4, -0.2) is 42.6 Å². The number of ether oxygens (including phenoxy) is 2. The Bertz CT molecular complexity index is 1250. The van der Waals surface area contributed by atoms with Gasteiger partial charge < -0.3 is 25.8 Å². The molecule has 0 radical (unpaired) electrons. The van der Waals surface area contributed by atoms with E-state index in [0.717, 1.165) is 16.7 Å². The number of hydrogen-bond acceptors (Lipinski definition) is 7. The summed E-state index contributed by atoms with van der Waals surface area (Å²) in [6.45, 7) is 2.39. The van der Waals surface area contributed by atoms with Crippen molar-refractivity contribution in [2.75, 3.05) is 6.54 Å². The zero-order chi connectivity index (χ0) is 28.7. The van der Waals surface area contributed by atoms with Gasteiger partial charge in [0.1, 0.15) is 18.5 Å². The third-order valence-electron chi connectivity index (χ3n) is 6.07. The quantitative estimate of drug-likeness (QED) is 0.163. The minimum absolute atomic E-state index is 0.0912. The number of aryl methyl sites for hydroxylation is 1. The summed E-state index contributed by atoms with van der Waals surface area (Å²) in [5, 5.41) is 16.5. The van der Waals surface area contributed by atoms with Gasteiger partial charge in [-0.3, -0.25) is 15.5 Å². The molecule has 0 aromatic heterocycles. The molecule has 0 spiro atoms. The molecule has 3 aromatic rings. The van der Waals surface area contributed by atoms with Crippen molar-refractivity contribution in [3.63, 3.8) is 0 Å². The number of carbonyl (C=O) groups excluding carboxylic acids is 3. The summed E-state index contributed by atoms with van der Waals surface area (Å²) in [4.78, 5) is 35.9. The molecule has 0 aliphatic carbocycles. The van der Waals surface area contributed by atoms with Gasteiger partial charge in [-0.25, -0.2) is 9.59 Å². The van der Waals surface area contributed by atoms with Crippen LogP contribution in [0.15, 0.2) is 84.9 Å². The topological polar surface area (TPSA) is 156 Å². The standard InChI is InChI=1S/C30H35N5O5/c1-21(33-19-26(40-29(32)37)17-14-22-8-4-2-5-9-22)28(36)34-18-23-12-15-25(16-13-23)27(31)35-30(38)39-20-24-10-6-3-7-11-24/h2-13,15-16,21,26,33H,14,17-20H2,1H3,(H2,32,37)(H,34,36)(H2,31,35,38). The summed E-state index contributed by atoms with van der Waals surface area (Å²) < 4.78 is 10.4. The molecule has 2 atom stereocenters. The van der Waals surface area contributed by atoms with Crippen LogP contribution >= 0.6 is 0 Å². The summed E-state index contributed by atoms with van der Waals surface area (Å²) >= 11 is 0. The van der Waals surface area contributed by atoms with Crippen LogP contribution in [0.1, 0.15) is 35.6 Å². The van der Waals surface area contributed by atoms with E-state index < -0.39 is 24.3 Å². The molecule has 3 rings (SSSR count). The van der Waals surface area contributed by atoms with Crippen LogP contribution in [0, 0.1) is 5.41 Å². The molecule has 0 saturated carbocycles. The van der Waals surface area contributed by atoms with Gasteiger partial charge in [0.05, 0.1) is 6.04 Å². The van der Waals surface area contributed by atoms with E-state index in [4.69, 9.17) is 20.6 Å². The summed E-state index contributed by atoms with van der Waals surface area (Å²) in [5.74, 6) is -0.313. The lowest BCUT2D eigenvalue weighted by atomic mass is 10.1. The van der Waals surface area contributed by atoms with Gasteiger partial charge in [0.2, 0.25) is 5.91 Å². The summed E-state index contributed by atoms with van der Waals surface area (Å²) in [6, 6.07) is 25.4. The maximum absolute atomic E-state index is 12.6. The van der Waals surface area contributed by atoms with Crippen molar-refractivity contribution >= 4 is 23.9 Å². The van der Waals surface area contributed by atoms with E-state index in [0.29, 0.717) is 18.4 Å². The Balaban J connectivity index is 1.39. The van der Waals surface area contributed by atoms with E-state index in [1.54, 1.807) is 31.2 Å². The van der Waals surface area contributed by atoms with E-state index in [9.17, 15) is 14.4 Å². The minimum Gasteiger partial charge on any atom is -0.445 e. The molecule has 0 bridgehead atoms. The Kier molecular flexibility index (Phi) is 11.7. The third-order valence-corrected chi connectivity index (χ3v) is 6.07. The first-order chi connectivity index (χ1) is 19.3. The van der Waals surface area contributed by atoms with Crippen LogP contribution in [0.5, 0.6) is 0 Å². The van der Waals surface area contributed by atoms with E-state index >= 15 is 0 Å². The van der Waals surface area contributed by atoms with Gasteiger partial charge in [-0.15, -0.1) is 0 Å². The number of nitrogens with one attached hydrogen (secondary N) is 4. The predicted octanol–water partition coefficient (Wildman–Crippen LogP) is 3.63. The van der Waals surface area contributed by atoms with E-state index in [-0.39, 0.29) is 31.4 Å². The molecular formula is C30H35N5O5. The fourth-order valence-corrected chi connectivity index (χ4v) is 3.81. The molecule has 40 heavy (non-hydrogen) atoms.